The van der Waals surface area contributed by atoms with Crippen LogP contribution in [0, 0.1) is 13.8 Å². The predicted octanol–water partition coefficient (Wildman–Crippen LogP) is 3.63. The van der Waals surface area contributed by atoms with Gasteiger partial charge in [0.25, 0.3) is 0 Å². The van der Waals surface area contributed by atoms with Crippen molar-refractivity contribution in [2.24, 2.45) is 0 Å². The Labute approximate surface area is 173 Å². The number of anilines is 2. The number of nitrogen functional groups attached to an aromatic ring is 1. The zero-order valence-corrected chi connectivity index (χ0v) is 17.8. The molecule has 1 aliphatic rings. The number of aryl methyl sites for hydroxylation is 2. The molecule has 3 N–H and O–H groups in total. The number of nitrogens with zero attached hydrogens (tertiary/aromatic N) is 3. The molecule has 2 atom stereocenters. The van der Waals surface area contributed by atoms with Crippen molar-refractivity contribution < 1.29 is 14.2 Å². The Bertz CT molecular complexity index is 1030. The first-order chi connectivity index (χ1) is 13.9. The number of ether oxygens (including phenoxy) is 3. The highest BCUT2D eigenvalue weighted by molar-refractivity contribution is 7.15. The number of hydrogen-bond acceptors (Lipinski definition) is 9. The summed E-state index contributed by atoms with van der Waals surface area (Å²) in [6.07, 6.45) is 0.880. The van der Waals surface area contributed by atoms with E-state index in [9.17, 15) is 0 Å². The van der Waals surface area contributed by atoms with E-state index < -0.39 is 0 Å². The van der Waals surface area contributed by atoms with Crippen molar-refractivity contribution in [2.75, 3.05) is 31.4 Å². The Morgan fingerprint density at radius 2 is 2.07 bits per heavy atom. The van der Waals surface area contributed by atoms with E-state index in [2.05, 4.69) is 27.2 Å². The van der Waals surface area contributed by atoms with Crippen molar-refractivity contribution in [3.05, 3.63) is 28.5 Å². The Morgan fingerprint density at radius 1 is 1.24 bits per heavy atom. The monoisotopic (exact) mass is 415 g/mol. The van der Waals surface area contributed by atoms with Crippen LogP contribution in [0.3, 0.4) is 0 Å². The number of aromatic nitrogens is 3. The van der Waals surface area contributed by atoms with Crippen LogP contribution in [0.5, 0.6) is 11.5 Å². The fourth-order valence-corrected chi connectivity index (χ4v) is 4.34. The zero-order valence-electron chi connectivity index (χ0n) is 17.0. The van der Waals surface area contributed by atoms with Gasteiger partial charge in [-0.25, -0.2) is 15.0 Å². The molecule has 154 valence electrons. The number of thiazole rings is 1. The molecule has 2 aromatic heterocycles. The number of nitrogens with two attached hydrogens (primary N) is 1. The molecule has 8 nitrogen and oxygen atoms in total. The minimum atomic E-state index is -0.00278. The second-order valence-electron chi connectivity index (χ2n) is 7.11. The molecule has 3 aromatic rings. The Balaban J connectivity index is 1.73. The number of rotatable bonds is 6. The average Bonchev–Trinajstić information content (AvgIpc) is 3.30. The van der Waals surface area contributed by atoms with Crippen molar-refractivity contribution >= 4 is 33.2 Å². The summed E-state index contributed by atoms with van der Waals surface area (Å²) in [5.41, 5.74) is 7.58. The van der Waals surface area contributed by atoms with Gasteiger partial charge in [0.2, 0.25) is 0 Å². The molecule has 1 fully saturated rings. The topological polar surface area (TPSA) is 104 Å². The summed E-state index contributed by atoms with van der Waals surface area (Å²) in [5.74, 6) is 2.72. The average molecular weight is 416 g/mol. The first kappa shape index (κ1) is 19.7. The summed E-state index contributed by atoms with van der Waals surface area (Å²) >= 11 is 1.48. The number of benzene rings is 1. The fourth-order valence-electron chi connectivity index (χ4n) is 3.50. The normalized spacial score (nSPS) is 17.4. The maximum atomic E-state index is 6.14. The van der Waals surface area contributed by atoms with Gasteiger partial charge in [-0.1, -0.05) is 11.3 Å². The third kappa shape index (κ3) is 4.06. The van der Waals surface area contributed by atoms with Gasteiger partial charge in [-0.05, 0) is 26.8 Å². The molecule has 0 radical (unpaired) electrons. The third-order valence-corrected chi connectivity index (χ3v) is 6.04. The van der Waals surface area contributed by atoms with E-state index in [0.717, 1.165) is 33.7 Å². The SMILES string of the molecule is COc1cc2nc(C)nc(N[C@H](C)c3sc(N)nc3C)c2cc1OC1CCOC1. The molecule has 1 aromatic carbocycles. The van der Waals surface area contributed by atoms with E-state index in [4.69, 9.17) is 19.9 Å². The summed E-state index contributed by atoms with van der Waals surface area (Å²) in [6.45, 7) is 7.20. The minimum absolute atomic E-state index is 0.00278. The number of fused-ring (bicyclic) bond motifs is 1. The van der Waals surface area contributed by atoms with E-state index in [1.165, 1.54) is 11.3 Å². The van der Waals surface area contributed by atoms with Crippen LogP contribution < -0.4 is 20.5 Å². The molecule has 0 spiro atoms. The predicted molar refractivity (Wildman–Crippen MR) is 114 cm³/mol. The molecular weight excluding hydrogens is 390 g/mol. The van der Waals surface area contributed by atoms with Gasteiger partial charge in [0.1, 0.15) is 17.7 Å². The van der Waals surface area contributed by atoms with Gasteiger partial charge in [0.05, 0.1) is 42.5 Å². The molecule has 29 heavy (non-hydrogen) atoms. The first-order valence-corrected chi connectivity index (χ1v) is 10.4. The van der Waals surface area contributed by atoms with Crippen molar-refractivity contribution in [1.29, 1.82) is 0 Å². The summed E-state index contributed by atoms with van der Waals surface area (Å²) < 4.78 is 17.1. The maximum Gasteiger partial charge on any atom is 0.180 e. The number of nitrogens with one attached hydrogen (secondary N) is 1. The van der Waals surface area contributed by atoms with Gasteiger partial charge in [0.15, 0.2) is 16.6 Å². The molecule has 1 unspecified atom stereocenters. The largest absolute Gasteiger partial charge is 0.493 e. The standard InChI is InChI=1S/C20H25N5O3S/c1-10(18-11(2)23-20(21)29-18)22-19-14-7-17(28-13-5-6-27-9-13)16(26-4)8-15(14)24-12(3)25-19/h7-8,10,13H,5-6,9H2,1-4H3,(H2,21,23)(H,22,24,25)/t10-,13?/m1/s1. The van der Waals surface area contributed by atoms with Crippen LogP contribution >= 0.6 is 11.3 Å². The van der Waals surface area contributed by atoms with Gasteiger partial charge in [-0.3, -0.25) is 0 Å². The van der Waals surface area contributed by atoms with Crippen molar-refractivity contribution in [2.45, 2.75) is 39.3 Å². The van der Waals surface area contributed by atoms with E-state index in [-0.39, 0.29) is 12.1 Å². The minimum Gasteiger partial charge on any atom is -0.493 e. The highest BCUT2D eigenvalue weighted by Gasteiger charge is 2.21. The summed E-state index contributed by atoms with van der Waals surface area (Å²) in [4.78, 5) is 14.6. The molecule has 0 amide bonds. The molecule has 9 heteroatoms. The molecule has 0 saturated carbocycles. The molecule has 0 aliphatic carbocycles. The van der Waals surface area contributed by atoms with Crippen molar-refractivity contribution in [3.8, 4) is 11.5 Å². The number of hydrogen-bond donors (Lipinski definition) is 2. The van der Waals surface area contributed by atoms with E-state index in [0.29, 0.717) is 35.7 Å². The van der Waals surface area contributed by atoms with Crippen LogP contribution in [0.1, 0.15) is 35.8 Å². The zero-order chi connectivity index (χ0) is 20.5. The van der Waals surface area contributed by atoms with Crippen molar-refractivity contribution in [3.63, 3.8) is 0 Å². The lowest BCUT2D eigenvalue weighted by atomic mass is 10.1. The van der Waals surface area contributed by atoms with Gasteiger partial charge in [0, 0.05) is 17.9 Å². The molecule has 1 aliphatic heterocycles. The second-order valence-corrected chi connectivity index (χ2v) is 8.17. The van der Waals surface area contributed by atoms with Gasteiger partial charge in [-0.15, -0.1) is 0 Å². The lowest BCUT2D eigenvalue weighted by Crippen LogP contribution is -2.16. The Hall–Kier alpha value is -2.65. The summed E-state index contributed by atoms with van der Waals surface area (Å²) in [6, 6.07) is 3.83. The maximum absolute atomic E-state index is 6.14. The van der Waals surface area contributed by atoms with Crippen LogP contribution in [0.25, 0.3) is 10.9 Å². The first-order valence-electron chi connectivity index (χ1n) is 9.54. The van der Waals surface area contributed by atoms with E-state index >= 15 is 0 Å². The second kappa shape index (κ2) is 8.00. The van der Waals surface area contributed by atoms with Crippen LogP contribution in [0.4, 0.5) is 10.9 Å². The fraction of sp³-hybridized carbons (Fsp3) is 0.450. The summed E-state index contributed by atoms with van der Waals surface area (Å²) in [7, 11) is 1.63. The molecular formula is C20H25N5O3S. The van der Waals surface area contributed by atoms with Crippen LogP contribution in [0.2, 0.25) is 0 Å². The molecule has 4 rings (SSSR count). The van der Waals surface area contributed by atoms with E-state index in [1.807, 2.05) is 26.0 Å². The quantitative estimate of drug-likeness (QED) is 0.629. The van der Waals surface area contributed by atoms with Crippen LogP contribution in [-0.4, -0.2) is 41.4 Å². The van der Waals surface area contributed by atoms with Crippen LogP contribution in [-0.2, 0) is 4.74 Å². The van der Waals surface area contributed by atoms with Gasteiger partial charge in [-0.2, -0.15) is 0 Å². The Kier molecular flexibility index (Phi) is 5.42. The lowest BCUT2D eigenvalue weighted by molar-refractivity contribution is 0.139. The summed E-state index contributed by atoms with van der Waals surface area (Å²) in [5, 5.41) is 4.93. The van der Waals surface area contributed by atoms with Gasteiger partial charge >= 0.3 is 0 Å². The van der Waals surface area contributed by atoms with Crippen LogP contribution in [0.15, 0.2) is 12.1 Å². The Morgan fingerprint density at radius 3 is 2.72 bits per heavy atom. The highest BCUT2D eigenvalue weighted by atomic mass is 32.1. The molecule has 3 heterocycles. The van der Waals surface area contributed by atoms with E-state index in [1.54, 1.807) is 7.11 Å². The smallest absolute Gasteiger partial charge is 0.180 e. The molecule has 1 saturated heterocycles. The molecule has 0 bridgehead atoms. The third-order valence-electron chi connectivity index (χ3n) is 4.87. The number of methoxy groups -OCH3 is 1. The lowest BCUT2D eigenvalue weighted by Gasteiger charge is -2.19. The van der Waals surface area contributed by atoms with Crippen molar-refractivity contribution in [1.82, 2.24) is 15.0 Å². The highest BCUT2D eigenvalue weighted by Crippen LogP contribution is 2.37. The van der Waals surface area contributed by atoms with Gasteiger partial charge < -0.3 is 25.3 Å².